The summed E-state index contributed by atoms with van der Waals surface area (Å²) in [6.45, 7) is 16.7. The minimum Gasteiger partial charge on any atom is -1.00 e. The van der Waals surface area contributed by atoms with E-state index in [1.54, 1.807) is 0 Å². The van der Waals surface area contributed by atoms with E-state index in [9.17, 15) is 0 Å². The normalized spacial score (nSPS) is 13.1. The number of ether oxygens (including phenoxy) is 2. The lowest BCUT2D eigenvalue weighted by atomic mass is 10.1. The Bertz CT molecular complexity index is 876. The lowest BCUT2D eigenvalue weighted by Gasteiger charge is -2.40. The molecule has 0 saturated carbocycles. The van der Waals surface area contributed by atoms with Gasteiger partial charge in [0.1, 0.15) is 6.10 Å². The summed E-state index contributed by atoms with van der Waals surface area (Å²) in [6.07, 6.45) is 51.9. The third-order valence-corrected chi connectivity index (χ3v) is 12.2. The van der Waals surface area contributed by atoms with Crippen LogP contribution in [0.4, 0.5) is 0 Å². The zero-order valence-corrected chi connectivity index (χ0v) is 43.5. The molecular formula is C53H110BrN5O2. The molecule has 0 heterocycles. The van der Waals surface area contributed by atoms with Gasteiger partial charge in [-0.2, -0.15) is 0 Å². The highest BCUT2D eigenvalue weighted by Crippen LogP contribution is 2.18. The molecule has 0 aromatic carbocycles. The van der Waals surface area contributed by atoms with Gasteiger partial charge < -0.3 is 52.6 Å². The molecule has 0 rings (SSSR count). The highest BCUT2D eigenvalue weighted by Gasteiger charge is 2.34. The fourth-order valence-corrected chi connectivity index (χ4v) is 8.10. The number of unbranched alkanes of at least 4 members (excludes halogenated alkanes) is 25. The third kappa shape index (κ3) is 47.5. The molecule has 7 nitrogen and oxygen atoms in total. The predicted molar refractivity (Wildman–Crippen MR) is 267 cm³/mol. The maximum Gasteiger partial charge on any atom is 0.219 e. The van der Waals surface area contributed by atoms with Crippen molar-refractivity contribution in [3.05, 3.63) is 24.3 Å². The summed E-state index contributed by atoms with van der Waals surface area (Å²) in [5, 5.41) is 10.8. The molecule has 0 bridgehead atoms. The molecule has 8 heteroatoms. The minimum atomic E-state index is 0. The van der Waals surface area contributed by atoms with Crippen LogP contribution in [0, 0.1) is 0 Å². The van der Waals surface area contributed by atoms with Gasteiger partial charge in [0.25, 0.3) is 0 Å². The van der Waals surface area contributed by atoms with Gasteiger partial charge in [0, 0.05) is 13.2 Å². The van der Waals surface area contributed by atoms with Crippen molar-refractivity contribution in [3.8, 4) is 0 Å². The maximum atomic E-state index is 6.73. The number of rotatable bonds is 51. The van der Waals surface area contributed by atoms with Crippen molar-refractivity contribution in [1.82, 2.24) is 16.0 Å². The smallest absolute Gasteiger partial charge is 0.219 e. The number of halogens is 1. The van der Waals surface area contributed by atoms with Crippen LogP contribution in [-0.4, -0.2) is 96.5 Å². The molecule has 0 aliphatic rings. The Morgan fingerprint density at radius 3 is 1.20 bits per heavy atom. The molecular weight excluding hydrogens is 819 g/mol. The summed E-state index contributed by atoms with van der Waals surface area (Å²) in [4.78, 5) is 0. The number of nitrogens with two attached hydrogens (primary N) is 1. The molecule has 2 unspecified atom stereocenters. The maximum absolute atomic E-state index is 6.73. The van der Waals surface area contributed by atoms with Crippen LogP contribution in [0.15, 0.2) is 24.3 Å². The summed E-state index contributed by atoms with van der Waals surface area (Å²) in [5.74, 6) is 0. The number of likely N-dealkylation sites (N-methyl/N-ethyl adjacent to an activating group) is 1. The number of nitrogens with zero attached hydrogens (tertiary/aromatic N) is 1. The van der Waals surface area contributed by atoms with Crippen molar-refractivity contribution >= 4 is 0 Å². The Morgan fingerprint density at radius 2 is 0.770 bits per heavy atom. The van der Waals surface area contributed by atoms with Crippen LogP contribution in [0.5, 0.6) is 0 Å². The topological polar surface area (TPSA) is 80.6 Å². The van der Waals surface area contributed by atoms with Crippen molar-refractivity contribution in [2.24, 2.45) is 5.73 Å². The van der Waals surface area contributed by atoms with Crippen LogP contribution >= 0.6 is 0 Å². The molecule has 0 aliphatic heterocycles. The first kappa shape index (κ1) is 62.8. The largest absolute Gasteiger partial charge is 1.00 e. The van der Waals surface area contributed by atoms with Gasteiger partial charge in [-0.05, 0) is 136 Å². The lowest BCUT2D eigenvalue weighted by molar-refractivity contribution is -0.940. The molecule has 0 fully saturated rings. The quantitative estimate of drug-likeness (QED) is 0.0211. The van der Waals surface area contributed by atoms with Crippen LogP contribution in [0.1, 0.15) is 226 Å². The number of hydrogen-bond acceptors (Lipinski definition) is 6. The van der Waals surface area contributed by atoms with E-state index in [2.05, 4.69) is 75.1 Å². The van der Waals surface area contributed by atoms with E-state index in [1.807, 2.05) is 0 Å². The van der Waals surface area contributed by atoms with Crippen molar-refractivity contribution in [2.45, 2.75) is 239 Å². The van der Waals surface area contributed by atoms with Crippen molar-refractivity contribution < 1.29 is 30.9 Å². The number of quaternary nitrogens is 1. The Balaban J connectivity index is 0. The molecule has 0 aromatic rings. The average molecular weight is 929 g/mol. The van der Waals surface area contributed by atoms with Crippen molar-refractivity contribution in [2.75, 3.05) is 79.7 Å². The summed E-state index contributed by atoms with van der Waals surface area (Å²) in [6, 6.07) is 0. The molecule has 0 saturated heterocycles. The zero-order chi connectivity index (χ0) is 43.7. The van der Waals surface area contributed by atoms with Gasteiger partial charge in [0.2, 0.25) is 6.23 Å². The molecule has 0 spiro atoms. The molecule has 0 aromatic heterocycles. The first-order chi connectivity index (χ1) is 29.5. The molecule has 2 atom stereocenters. The fourth-order valence-electron chi connectivity index (χ4n) is 8.10. The van der Waals surface area contributed by atoms with Gasteiger partial charge in [-0.1, -0.05) is 154 Å². The van der Waals surface area contributed by atoms with Crippen LogP contribution in [0.3, 0.4) is 0 Å². The van der Waals surface area contributed by atoms with Crippen LogP contribution < -0.4 is 38.7 Å². The van der Waals surface area contributed by atoms with Crippen LogP contribution in [0.2, 0.25) is 0 Å². The number of allylic oxidation sites excluding steroid dienone is 4. The SMILES string of the molecule is CCCCCCCC/C=C/CCCCCCCCOC(C)C(OCCCCCCCC/C=C/CCCCCCCC)[N+](C)(C)CCNCCCNCCCCNCCCN.[Br-]. The molecule has 0 radical (unpaired) electrons. The van der Waals surface area contributed by atoms with E-state index in [-0.39, 0.29) is 29.3 Å². The average Bonchev–Trinajstić information content (AvgIpc) is 3.24. The summed E-state index contributed by atoms with van der Waals surface area (Å²) >= 11 is 0. The number of nitrogens with one attached hydrogen (secondary N) is 3. The minimum absolute atomic E-state index is 0. The lowest BCUT2D eigenvalue weighted by Crippen LogP contribution is -3.00. The highest BCUT2D eigenvalue weighted by atomic mass is 79.9. The molecule has 5 N–H and O–H groups in total. The van der Waals surface area contributed by atoms with Gasteiger partial charge in [0.15, 0.2) is 0 Å². The van der Waals surface area contributed by atoms with Gasteiger partial charge in [-0.15, -0.1) is 0 Å². The second-order valence-corrected chi connectivity index (χ2v) is 18.7. The zero-order valence-electron chi connectivity index (χ0n) is 41.9. The highest BCUT2D eigenvalue weighted by molar-refractivity contribution is 4.82. The molecule has 366 valence electrons. The molecule has 0 amide bonds. The first-order valence-corrected chi connectivity index (χ1v) is 26.7. The standard InChI is InChI=1S/C53H110N5O2.BrH/c1-6-8-10-12-14-16-18-20-22-24-26-28-30-32-34-38-50-59-52(3)53(58(4,5)49-48-57-47-41-46-56-44-37-36-43-55-45-40-42-54)60-51-39-35-33-31-29-27-25-23-21-19-17-15-13-11-9-7-2;/h20-23,52-53,55-57H,6-19,24-51,54H2,1-5H3;1H/q+1;/p-1/b22-20+,23-21+;. The van der Waals surface area contributed by atoms with E-state index in [4.69, 9.17) is 15.2 Å². The Labute approximate surface area is 393 Å². The van der Waals surface area contributed by atoms with Gasteiger partial charge in [-0.25, -0.2) is 0 Å². The summed E-state index contributed by atoms with van der Waals surface area (Å²) < 4.78 is 14.1. The Hall–Kier alpha value is -0.320. The predicted octanol–water partition coefficient (Wildman–Crippen LogP) is 10.2. The second-order valence-electron chi connectivity index (χ2n) is 18.7. The fraction of sp³-hybridized carbons (Fsp3) is 0.925. The van der Waals surface area contributed by atoms with Crippen molar-refractivity contribution in [3.63, 3.8) is 0 Å². The monoisotopic (exact) mass is 928 g/mol. The van der Waals surface area contributed by atoms with Gasteiger partial charge in [-0.3, -0.25) is 0 Å². The van der Waals surface area contributed by atoms with E-state index in [1.165, 1.54) is 180 Å². The summed E-state index contributed by atoms with van der Waals surface area (Å²) in [5.41, 5.74) is 5.57. The molecule has 61 heavy (non-hydrogen) atoms. The molecule has 0 aliphatic carbocycles. The van der Waals surface area contributed by atoms with Gasteiger partial charge >= 0.3 is 0 Å². The third-order valence-electron chi connectivity index (χ3n) is 12.2. The van der Waals surface area contributed by atoms with E-state index >= 15 is 0 Å². The van der Waals surface area contributed by atoms with E-state index in [0.717, 1.165) is 95.7 Å². The second kappa shape index (κ2) is 52.3. The van der Waals surface area contributed by atoms with E-state index in [0.29, 0.717) is 0 Å². The van der Waals surface area contributed by atoms with Crippen LogP contribution in [0.25, 0.3) is 0 Å². The number of hydrogen-bond donors (Lipinski definition) is 4. The van der Waals surface area contributed by atoms with Crippen LogP contribution in [-0.2, 0) is 9.47 Å². The Kier molecular flexibility index (Phi) is 53.8. The first-order valence-electron chi connectivity index (χ1n) is 26.7. The summed E-state index contributed by atoms with van der Waals surface area (Å²) in [7, 11) is 4.68. The van der Waals surface area contributed by atoms with Crippen molar-refractivity contribution in [1.29, 1.82) is 0 Å². The Morgan fingerprint density at radius 1 is 0.426 bits per heavy atom. The van der Waals surface area contributed by atoms with Gasteiger partial charge in [0.05, 0.1) is 27.2 Å². The van der Waals surface area contributed by atoms with E-state index < -0.39 is 0 Å².